The van der Waals surface area contributed by atoms with E-state index in [0.29, 0.717) is 85.7 Å². The molecule has 5 aliphatic rings. The van der Waals surface area contributed by atoms with Gasteiger partial charge in [0.15, 0.2) is 25.2 Å². The summed E-state index contributed by atoms with van der Waals surface area (Å²) in [6, 6.07) is 10.1. The van der Waals surface area contributed by atoms with Crippen LogP contribution in [0.3, 0.4) is 0 Å². The Morgan fingerprint density at radius 2 is 0.828 bits per heavy atom. The van der Waals surface area contributed by atoms with E-state index in [0.717, 1.165) is 166 Å². The fourth-order valence-electron chi connectivity index (χ4n) is 13.5. The first-order valence-corrected chi connectivity index (χ1v) is 40.2. The van der Waals surface area contributed by atoms with Crippen molar-refractivity contribution in [3.05, 3.63) is 48.6 Å². The molecule has 0 N–H and O–H groups in total. The normalized spacial score (nSPS) is 31.9. The van der Waals surface area contributed by atoms with Gasteiger partial charge in [0.1, 0.15) is 79.4 Å². The van der Waals surface area contributed by atoms with Crippen LogP contribution in [0.2, 0.25) is 0 Å². The van der Waals surface area contributed by atoms with Crippen molar-refractivity contribution in [1.82, 2.24) is 0 Å². The highest BCUT2D eigenvalue weighted by atomic mass is 16.8. The monoisotopic (exact) mass is 1410 g/mol. The molecule has 4 heterocycles. The first-order valence-electron chi connectivity index (χ1n) is 40.2. The molecule has 0 aromatic heterocycles. The van der Waals surface area contributed by atoms with Crippen molar-refractivity contribution in [2.75, 3.05) is 92.5 Å². The van der Waals surface area contributed by atoms with Crippen molar-refractivity contribution in [3.63, 3.8) is 0 Å². The predicted octanol–water partition coefficient (Wildman–Crippen LogP) is 16.1. The molecule has 19 nitrogen and oxygen atoms in total. The second kappa shape index (κ2) is 52.2. The Labute approximate surface area is 600 Å². The molecule has 1 saturated carbocycles. The molecule has 4 saturated heterocycles. The average Bonchev–Trinajstić information content (AvgIpc) is 0.751. The van der Waals surface area contributed by atoms with Crippen molar-refractivity contribution in [2.24, 2.45) is 5.92 Å². The maximum atomic E-state index is 8.17. The number of ether oxygens (including phenoxy) is 19. The molecule has 21 atom stereocenters. The molecule has 1 aliphatic carbocycles. The van der Waals surface area contributed by atoms with Crippen LogP contribution in [0, 0.1) is 5.92 Å². The summed E-state index contributed by atoms with van der Waals surface area (Å²) in [5, 5.41) is 0. The molecule has 4 aliphatic heterocycles. The van der Waals surface area contributed by atoms with Gasteiger partial charge >= 0.3 is 0 Å². The number of fused-ring (bicyclic) bond motifs is 1. The second-order valence-corrected chi connectivity index (χ2v) is 28.0. The number of rotatable bonds is 57. The van der Waals surface area contributed by atoms with Crippen molar-refractivity contribution in [1.29, 1.82) is 0 Å². The van der Waals surface area contributed by atoms with E-state index in [4.69, 9.17) is 90.0 Å². The molecule has 0 spiro atoms. The summed E-state index contributed by atoms with van der Waals surface area (Å²) in [5.74, 6) is -0.133. The molecule has 576 valence electrons. The zero-order valence-electron chi connectivity index (χ0n) is 63.8. The third-order valence-electron chi connectivity index (χ3n) is 19.6. The third kappa shape index (κ3) is 28.8. The Kier molecular flexibility index (Phi) is 45.4. The van der Waals surface area contributed by atoms with E-state index < -0.39 is 117 Å². The van der Waals surface area contributed by atoms with E-state index in [2.05, 4.69) is 75.8 Å². The van der Waals surface area contributed by atoms with Crippen molar-refractivity contribution >= 4 is 0 Å². The number of hydrogen-bond donors (Lipinski definition) is 0. The van der Waals surface area contributed by atoms with E-state index in [-0.39, 0.29) is 25.2 Å². The summed E-state index contributed by atoms with van der Waals surface area (Å²) in [6.07, 6.45) is 11.0. The highest BCUT2D eigenvalue weighted by Gasteiger charge is 2.60. The van der Waals surface area contributed by atoms with Crippen LogP contribution in [0.25, 0.3) is 0 Å². The van der Waals surface area contributed by atoms with E-state index in [1.165, 1.54) is 0 Å². The molecule has 6 rings (SSSR count). The summed E-state index contributed by atoms with van der Waals surface area (Å²) in [6.45, 7) is 34.2. The Morgan fingerprint density at radius 1 is 0.384 bits per heavy atom. The first-order chi connectivity index (χ1) is 48.7. The minimum atomic E-state index is -1.23. The zero-order chi connectivity index (χ0) is 70.7. The molecule has 1 aromatic carbocycles. The average molecular weight is 1410 g/mol. The van der Waals surface area contributed by atoms with Crippen LogP contribution in [-0.2, 0) is 90.0 Å². The SMILES string of the molecule is C=CCCCCCCO[C@@H]1OC(COCCCC)[C@@H](O[C@@H]2OC3COC(c4ccccc4)O[C@@H]3C(O[C@H]3CC(COCCCC)[C@H](OCCCC)[C@H](OCCCC)C3OCCCC)[C@@H]2O[C@@H]2OC(C)[C@@H](OCCCC)C(OCCCC)[C@@H]2OCCCC)C(OCCCC)[C@@H]1OCCCC. The lowest BCUT2D eigenvalue weighted by atomic mass is 9.80. The summed E-state index contributed by atoms with van der Waals surface area (Å²) in [7, 11) is 0. The zero-order valence-corrected chi connectivity index (χ0v) is 63.8. The minimum Gasteiger partial charge on any atom is -0.381 e. The van der Waals surface area contributed by atoms with Crippen LogP contribution in [0.4, 0.5) is 0 Å². The second-order valence-electron chi connectivity index (χ2n) is 28.0. The maximum Gasteiger partial charge on any atom is 0.187 e. The largest absolute Gasteiger partial charge is 0.381 e. The fraction of sp³-hybridized carbons (Fsp3) is 0.900. The van der Waals surface area contributed by atoms with Gasteiger partial charge in [-0.25, -0.2) is 0 Å². The number of unbranched alkanes of at least 4 members (excludes halogenated alkanes) is 14. The van der Waals surface area contributed by atoms with Gasteiger partial charge in [-0.05, 0) is 96.8 Å². The molecular weight excluding hydrogens is 1260 g/mol. The Balaban J connectivity index is 1.60. The number of allylic oxidation sites excluding steroid dienone is 1. The van der Waals surface area contributed by atoms with Crippen LogP contribution >= 0.6 is 0 Å². The smallest absolute Gasteiger partial charge is 0.187 e. The molecule has 5 fully saturated rings. The fourth-order valence-corrected chi connectivity index (χ4v) is 13.5. The van der Waals surface area contributed by atoms with E-state index >= 15 is 0 Å². The standard InChI is InChI=1S/C80H142O19/c1-13-24-35-36-37-41-54-91-78-74(89-52-33-22-10)72(88-51-32-21-9)68(63(95-78)57-82-45-26-15-3)98-80-76(99-79-75(90-53-34-23-11)70(86-49-30-19-7)65(59(12)93-79)83-46-27-16-4)73(69-64(96-80)58-92-77(97-69)60-42-39-38-40-43-60)94-62-55-61(56-81-44-25-14-2)66(84-47-28-17-5)71(87-50-31-20-8)67(62)85-48-29-18-6/h13,38-40,42-43,59,61-80H,1,14-37,41,44-58H2,2-12H3/t59?,61?,62-,63?,64?,65+,66-,67?,68+,69-,70?,71-,72?,73?,74-,75-,76-,77?,78+,79-,80-/m0/s1. The summed E-state index contributed by atoms with van der Waals surface area (Å²) in [4.78, 5) is 0. The highest BCUT2D eigenvalue weighted by molar-refractivity contribution is 5.17. The number of hydrogen-bond acceptors (Lipinski definition) is 19. The molecular formula is C80H142O19. The Hall–Kier alpha value is -1.80. The van der Waals surface area contributed by atoms with Gasteiger partial charge in [-0.3, -0.25) is 0 Å². The van der Waals surface area contributed by atoms with Crippen LogP contribution in [0.5, 0.6) is 0 Å². The van der Waals surface area contributed by atoms with Crippen LogP contribution < -0.4 is 0 Å². The minimum absolute atomic E-state index is 0.133. The molecule has 1 aromatic rings. The molecule has 0 bridgehead atoms. The van der Waals surface area contributed by atoms with Gasteiger partial charge in [0.25, 0.3) is 0 Å². The van der Waals surface area contributed by atoms with Gasteiger partial charge in [0.05, 0.1) is 38.1 Å². The van der Waals surface area contributed by atoms with Crippen molar-refractivity contribution in [2.45, 2.75) is 366 Å². The summed E-state index contributed by atoms with van der Waals surface area (Å²) < 4.78 is 137. The van der Waals surface area contributed by atoms with Crippen molar-refractivity contribution < 1.29 is 90.0 Å². The van der Waals surface area contributed by atoms with Gasteiger partial charge in [-0.2, -0.15) is 0 Å². The molecule has 0 radical (unpaired) electrons. The lowest BCUT2D eigenvalue weighted by Gasteiger charge is -2.54. The maximum absolute atomic E-state index is 8.17. The Bertz CT molecular complexity index is 2100. The third-order valence-corrected chi connectivity index (χ3v) is 19.6. The van der Waals surface area contributed by atoms with E-state index in [9.17, 15) is 0 Å². The summed E-state index contributed by atoms with van der Waals surface area (Å²) >= 11 is 0. The van der Waals surface area contributed by atoms with Gasteiger partial charge < -0.3 is 90.0 Å². The quantitative estimate of drug-likeness (QED) is 0.0444. The number of benzene rings is 1. The van der Waals surface area contributed by atoms with Crippen LogP contribution in [0.15, 0.2) is 43.0 Å². The molecule has 99 heavy (non-hydrogen) atoms. The van der Waals surface area contributed by atoms with Gasteiger partial charge in [-0.1, -0.05) is 183 Å². The van der Waals surface area contributed by atoms with Gasteiger partial charge in [-0.15, -0.1) is 6.58 Å². The van der Waals surface area contributed by atoms with E-state index in [1.54, 1.807) is 0 Å². The first kappa shape index (κ1) is 86.1. The Morgan fingerprint density at radius 3 is 1.38 bits per heavy atom. The highest BCUT2D eigenvalue weighted by Crippen LogP contribution is 2.44. The van der Waals surface area contributed by atoms with Gasteiger partial charge in [0.2, 0.25) is 0 Å². The molecule has 0 amide bonds. The van der Waals surface area contributed by atoms with Gasteiger partial charge in [0, 0.05) is 84.2 Å². The molecule has 19 heteroatoms. The lowest BCUT2D eigenvalue weighted by molar-refractivity contribution is -0.419. The van der Waals surface area contributed by atoms with Crippen molar-refractivity contribution in [3.8, 4) is 0 Å². The lowest BCUT2D eigenvalue weighted by Crippen LogP contribution is -2.70. The predicted molar refractivity (Wildman–Crippen MR) is 386 cm³/mol. The van der Waals surface area contributed by atoms with E-state index in [1.807, 2.05) is 43.3 Å². The summed E-state index contributed by atoms with van der Waals surface area (Å²) in [5.41, 5.74) is 0.857. The topological polar surface area (TPSA) is 175 Å². The van der Waals surface area contributed by atoms with Crippen LogP contribution in [-0.4, -0.2) is 209 Å². The molecule has 9 unspecified atom stereocenters. The van der Waals surface area contributed by atoms with Crippen LogP contribution in [0.1, 0.15) is 255 Å².